The van der Waals surface area contributed by atoms with Crippen molar-refractivity contribution in [3.63, 3.8) is 0 Å². The third-order valence-corrected chi connectivity index (χ3v) is 2.70. The lowest BCUT2D eigenvalue weighted by Crippen LogP contribution is -2.24. The highest BCUT2D eigenvalue weighted by atomic mass is 16.6. The Balaban J connectivity index is 2.43. The fourth-order valence-electron chi connectivity index (χ4n) is 1.87. The molecule has 4 heteroatoms. The first-order valence-electron chi connectivity index (χ1n) is 5.86. The molecule has 0 atom stereocenters. The average Bonchev–Trinajstić information content (AvgIpc) is 2.46. The summed E-state index contributed by atoms with van der Waals surface area (Å²) in [5, 5.41) is 1.79. The number of benzene rings is 2. The third kappa shape index (κ3) is 2.74. The van der Waals surface area contributed by atoms with Crippen LogP contribution in [0, 0.1) is 0 Å². The first-order valence-corrected chi connectivity index (χ1v) is 5.86. The summed E-state index contributed by atoms with van der Waals surface area (Å²) < 4.78 is 5.24. The second kappa shape index (κ2) is 6.02. The summed E-state index contributed by atoms with van der Waals surface area (Å²) >= 11 is 0. The molecular weight excluding hydrogens is 242 g/mol. The van der Waals surface area contributed by atoms with Crippen LogP contribution in [0.15, 0.2) is 49.1 Å². The molecule has 0 fully saturated rings. The van der Waals surface area contributed by atoms with Gasteiger partial charge in [-0.25, -0.2) is 5.48 Å². The van der Waals surface area contributed by atoms with Crippen LogP contribution in [-0.4, -0.2) is 19.6 Å². The maximum absolute atomic E-state index is 12.2. The topological polar surface area (TPSA) is 47.6 Å². The van der Waals surface area contributed by atoms with Crippen LogP contribution in [-0.2, 0) is 4.84 Å². The van der Waals surface area contributed by atoms with E-state index < -0.39 is 0 Å². The van der Waals surface area contributed by atoms with Crippen LogP contribution in [0.5, 0.6) is 5.75 Å². The van der Waals surface area contributed by atoms with Gasteiger partial charge in [-0.15, -0.1) is 6.58 Å². The lowest BCUT2D eigenvalue weighted by atomic mass is 10.0. The van der Waals surface area contributed by atoms with Crippen molar-refractivity contribution >= 4 is 16.7 Å². The SMILES string of the molecule is C=CCONC(=O)c1c(OC)ccc2ccccc12. The Morgan fingerprint density at radius 2 is 2.11 bits per heavy atom. The number of methoxy groups -OCH3 is 1. The molecule has 19 heavy (non-hydrogen) atoms. The highest BCUT2D eigenvalue weighted by Gasteiger charge is 2.16. The monoisotopic (exact) mass is 257 g/mol. The second-order valence-corrected chi connectivity index (χ2v) is 3.89. The predicted molar refractivity (Wildman–Crippen MR) is 74.1 cm³/mol. The summed E-state index contributed by atoms with van der Waals surface area (Å²) in [4.78, 5) is 17.1. The van der Waals surface area contributed by atoms with E-state index in [1.165, 1.54) is 7.11 Å². The van der Waals surface area contributed by atoms with Crippen molar-refractivity contribution in [1.82, 2.24) is 5.48 Å². The fourth-order valence-corrected chi connectivity index (χ4v) is 1.87. The Morgan fingerprint density at radius 3 is 2.84 bits per heavy atom. The Kier molecular flexibility index (Phi) is 4.15. The number of amides is 1. The molecule has 0 saturated heterocycles. The van der Waals surface area contributed by atoms with E-state index in [2.05, 4.69) is 12.1 Å². The highest BCUT2D eigenvalue weighted by Crippen LogP contribution is 2.27. The van der Waals surface area contributed by atoms with Gasteiger partial charge in [-0.1, -0.05) is 36.4 Å². The Bertz CT molecular complexity index is 607. The minimum absolute atomic E-state index is 0.249. The standard InChI is InChI=1S/C15H15NO3/c1-3-10-19-16-15(17)14-12-7-5-4-6-11(12)8-9-13(14)18-2/h3-9H,1,10H2,2H3,(H,16,17). The van der Waals surface area contributed by atoms with Gasteiger partial charge >= 0.3 is 0 Å². The van der Waals surface area contributed by atoms with E-state index in [1.54, 1.807) is 12.1 Å². The lowest BCUT2D eigenvalue weighted by molar-refractivity contribution is 0.0421. The molecule has 0 unspecified atom stereocenters. The molecule has 0 aliphatic heterocycles. The van der Waals surface area contributed by atoms with Crippen LogP contribution < -0.4 is 10.2 Å². The largest absolute Gasteiger partial charge is 0.496 e. The lowest BCUT2D eigenvalue weighted by Gasteiger charge is -2.11. The Hall–Kier alpha value is -2.33. The maximum atomic E-state index is 12.2. The number of hydrogen-bond donors (Lipinski definition) is 1. The summed E-state index contributed by atoms with van der Waals surface area (Å²) in [7, 11) is 1.53. The van der Waals surface area contributed by atoms with Crippen LogP contribution >= 0.6 is 0 Å². The van der Waals surface area contributed by atoms with Crippen molar-refractivity contribution in [2.75, 3.05) is 13.7 Å². The van der Waals surface area contributed by atoms with Crippen LogP contribution in [0.25, 0.3) is 10.8 Å². The summed E-state index contributed by atoms with van der Waals surface area (Å²) in [5.74, 6) is 0.175. The molecule has 0 aliphatic rings. The number of carbonyl (C=O) groups is 1. The zero-order valence-electron chi connectivity index (χ0n) is 10.7. The molecule has 0 saturated carbocycles. The van der Waals surface area contributed by atoms with E-state index >= 15 is 0 Å². The van der Waals surface area contributed by atoms with Crippen LogP contribution in [0.2, 0.25) is 0 Å². The van der Waals surface area contributed by atoms with Gasteiger partial charge in [-0.2, -0.15) is 0 Å². The molecule has 0 aromatic heterocycles. The van der Waals surface area contributed by atoms with Gasteiger partial charge in [0.15, 0.2) is 0 Å². The maximum Gasteiger partial charge on any atom is 0.279 e. The van der Waals surface area contributed by atoms with Crippen molar-refractivity contribution in [2.45, 2.75) is 0 Å². The summed E-state index contributed by atoms with van der Waals surface area (Å²) in [6.45, 7) is 3.76. The molecule has 2 aromatic carbocycles. The number of hydrogen-bond acceptors (Lipinski definition) is 3. The van der Waals surface area contributed by atoms with E-state index in [9.17, 15) is 4.79 Å². The van der Waals surface area contributed by atoms with Gasteiger partial charge in [-0.3, -0.25) is 9.63 Å². The molecule has 1 N–H and O–H groups in total. The van der Waals surface area contributed by atoms with Gasteiger partial charge in [-0.05, 0) is 16.8 Å². The first kappa shape index (κ1) is 13.1. The molecule has 2 aromatic rings. The van der Waals surface area contributed by atoms with Gasteiger partial charge in [0.25, 0.3) is 5.91 Å². The molecule has 4 nitrogen and oxygen atoms in total. The van der Waals surface area contributed by atoms with Gasteiger partial charge in [0.2, 0.25) is 0 Å². The smallest absolute Gasteiger partial charge is 0.279 e. The number of rotatable bonds is 5. The predicted octanol–water partition coefficient (Wildman–Crippen LogP) is 2.70. The fraction of sp³-hybridized carbons (Fsp3) is 0.133. The minimum atomic E-state index is -0.338. The number of nitrogens with one attached hydrogen (secondary N) is 1. The van der Waals surface area contributed by atoms with Gasteiger partial charge in [0.1, 0.15) is 5.75 Å². The average molecular weight is 257 g/mol. The van der Waals surface area contributed by atoms with Crippen molar-refractivity contribution in [1.29, 1.82) is 0 Å². The summed E-state index contributed by atoms with van der Waals surface area (Å²) in [5.41, 5.74) is 2.84. The molecule has 0 aliphatic carbocycles. The van der Waals surface area contributed by atoms with E-state index in [1.807, 2.05) is 30.3 Å². The molecule has 98 valence electrons. The number of hydroxylamine groups is 1. The second-order valence-electron chi connectivity index (χ2n) is 3.89. The normalized spacial score (nSPS) is 10.2. The van der Waals surface area contributed by atoms with E-state index in [0.29, 0.717) is 11.3 Å². The van der Waals surface area contributed by atoms with Crippen LogP contribution in [0.1, 0.15) is 10.4 Å². The van der Waals surface area contributed by atoms with Crippen LogP contribution in [0.3, 0.4) is 0 Å². The number of carbonyl (C=O) groups excluding carboxylic acids is 1. The zero-order chi connectivity index (χ0) is 13.7. The molecule has 2 rings (SSSR count). The van der Waals surface area contributed by atoms with Gasteiger partial charge in [0, 0.05) is 0 Å². The van der Waals surface area contributed by atoms with E-state index in [4.69, 9.17) is 9.57 Å². The third-order valence-electron chi connectivity index (χ3n) is 2.70. The number of fused-ring (bicyclic) bond motifs is 1. The molecule has 0 radical (unpaired) electrons. The first-order chi connectivity index (χ1) is 9.27. The van der Waals surface area contributed by atoms with Crippen molar-refractivity contribution < 1.29 is 14.4 Å². The van der Waals surface area contributed by atoms with Crippen LogP contribution in [0.4, 0.5) is 0 Å². The molecule has 0 bridgehead atoms. The molecule has 0 heterocycles. The van der Waals surface area contributed by atoms with Crippen molar-refractivity contribution in [3.8, 4) is 5.75 Å². The quantitative estimate of drug-likeness (QED) is 0.509. The van der Waals surface area contributed by atoms with E-state index in [-0.39, 0.29) is 12.5 Å². The Morgan fingerprint density at radius 1 is 1.32 bits per heavy atom. The molecule has 1 amide bonds. The summed E-state index contributed by atoms with van der Waals surface area (Å²) in [6, 6.07) is 11.3. The van der Waals surface area contributed by atoms with E-state index in [0.717, 1.165) is 10.8 Å². The van der Waals surface area contributed by atoms with Crippen molar-refractivity contribution in [2.24, 2.45) is 0 Å². The molecular formula is C15H15NO3. The number of ether oxygens (including phenoxy) is 1. The van der Waals surface area contributed by atoms with Gasteiger partial charge in [0.05, 0.1) is 19.3 Å². The highest BCUT2D eigenvalue weighted by molar-refractivity contribution is 6.09. The van der Waals surface area contributed by atoms with Gasteiger partial charge < -0.3 is 4.74 Å². The van der Waals surface area contributed by atoms with Crippen molar-refractivity contribution in [3.05, 3.63) is 54.6 Å². The summed E-state index contributed by atoms with van der Waals surface area (Å²) in [6.07, 6.45) is 1.56. The minimum Gasteiger partial charge on any atom is -0.496 e. The zero-order valence-corrected chi connectivity index (χ0v) is 10.7. The Labute approximate surface area is 111 Å². The molecule has 0 spiro atoms.